The van der Waals surface area contributed by atoms with E-state index in [9.17, 15) is 9.59 Å². The molecule has 0 saturated carbocycles. The lowest BCUT2D eigenvalue weighted by Crippen LogP contribution is -2.00. The summed E-state index contributed by atoms with van der Waals surface area (Å²) >= 11 is 0. The van der Waals surface area contributed by atoms with Crippen LogP contribution in [-0.4, -0.2) is 24.0 Å². The van der Waals surface area contributed by atoms with Crippen molar-refractivity contribution in [1.29, 1.82) is 0 Å². The van der Waals surface area contributed by atoms with Gasteiger partial charge in [0, 0.05) is 23.6 Å². The highest BCUT2D eigenvalue weighted by Crippen LogP contribution is 2.23. The summed E-state index contributed by atoms with van der Waals surface area (Å²) in [5, 5.41) is 8.72. The Hall–Kier alpha value is -3.08. The Morgan fingerprint density at radius 2 is 1.84 bits per heavy atom. The largest absolute Gasteiger partial charge is 0.496 e. The van der Waals surface area contributed by atoms with Crippen molar-refractivity contribution in [2.24, 2.45) is 0 Å². The minimum Gasteiger partial charge on any atom is -0.496 e. The first kappa shape index (κ1) is 18.3. The van der Waals surface area contributed by atoms with Crippen LogP contribution in [0.15, 0.2) is 48.5 Å². The number of Topliss-reactive ketones (excluding diaryl/α,β-unsaturated/α-hetero) is 1. The highest BCUT2D eigenvalue weighted by molar-refractivity contribution is 5.95. The fraction of sp³-hybridized carbons (Fsp3) is 0.200. The van der Waals surface area contributed by atoms with Crippen molar-refractivity contribution in [1.82, 2.24) is 0 Å². The number of ketones is 1. The predicted octanol–water partition coefficient (Wildman–Crippen LogP) is 3.96. The van der Waals surface area contributed by atoms with Crippen molar-refractivity contribution >= 4 is 17.8 Å². The average molecular weight is 340 g/mol. The first-order valence-electron chi connectivity index (χ1n) is 7.87. The number of carbonyl (C=O) groups is 2. The van der Waals surface area contributed by atoms with Gasteiger partial charge in [-0.15, -0.1) is 0 Å². The summed E-state index contributed by atoms with van der Waals surface area (Å²) in [6, 6.07) is 12.3. The number of methoxy groups -OCH3 is 1. The monoisotopic (exact) mass is 340 g/mol. The van der Waals surface area contributed by atoms with Crippen molar-refractivity contribution < 1.29 is 24.2 Å². The molecule has 0 unspecified atom stereocenters. The summed E-state index contributed by atoms with van der Waals surface area (Å²) in [7, 11) is 1.57. The van der Waals surface area contributed by atoms with Gasteiger partial charge in [0.25, 0.3) is 0 Å². The van der Waals surface area contributed by atoms with Crippen LogP contribution >= 0.6 is 0 Å². The van der Waals surface area contributed by atoms with Gasteiger partial charge in [0.2, 0.25) is 0 Å². The van der Waals surface area contributed by atoms with Crippen LogP contribution in [0.1, 0.15) is 34.8 Å². The molecule has 0 saturated heterocycles. The van der Waals surface area contributed by atoms with Crippen molar-refractivity contribution in [2.75, 3.05) is 7.11 Å². The molecule has 5 nitrogen and oxygen atoms in total. The van der Waals surface area contributed by atoms with E-state index in [0.717, 1.165) is 17.2 Å². The summed E-state index contributed by atoms with van der Waals surface area (Å²) in [6.45, 7) is 2.09. The Morgan fingerprint density at radius 1 is 1.12 bits per heavy atom. The molecule has 2 aromatic carbocycles. The van der Waals surface area contributed by atoms with Gasteiger partial charge in [-0.05, 0) is 48.0 Å². The number of aliphatic carboxylic acids is 1. The molecule has 0 radical (unpaired) electrons. The smallest absolute Gasteiger partial charge is 0.328 e. The van der Waals surface area contributed by atoms with Gasteiger partial charge in [-0.3, -0.25) is 4.79 Å². The Balaban J connectivity index is 2.11. The lowest BCUT2D eigenvalue weighted by molar-refractivity contribution is -0.131. The SMILES string of the molecule is CCC(=O)c1ccc(OCc2cc(C=CC(=O)O)ccc2OC)cc1. The molecular weight excluding hydrogens is 320 g/mol. The maximum absolute atomic E-state index is 11.6. The van der Waals surface area contributed by atoms with Crippen LogP contribution in [0.3, 0.4) is 0 Å². The van der Waals surface area contributed by atoms with E-state index in [1.807, 2.05) is 13.0 Å². The van der Waals surface area contributed by atoms with Gasteiger partial charge in [-0.1, -0.05) is 13.0 Å². The second-order valence-corrected chi connectivity index (χ2v) is 5.33. The third-order valence-electron chi connectivity index (χ3n) is 3.61. The Kier molecular flexibility index (Phi) is 6.34. The second kappa shape index (κ2) is 8.68. The molecule has 0 amide bonds. The molecule has 0 heterocycles. The number of hydrogen-bond donors (Lipinski definition) is 1. The minimum absolute atomic E-state index is 0.0890. The molecule has 2 aromatic rings. The number of carboxylic acid groups (broad SMARTS) is 1. The highest BCUT2D eigenvalue weighted by atomic mass is 16.5. The van der Waals surface area contributed by atoms with Crippen LogP contribution in [0.5, 0.6) is 11.5 Å². The van der Waals surface area contributed by atoms with E-state index in [0.29, 0.717) is 23.5 Å². The molecule has 25 heavy (non-hydrogen) atoms. The third kappa shape index (κ3) is 5.21. The maximum atomic E-state index is 11.6. The first-order chi connectivity index (χ1) is 12.0. The average Bonchev–Trinajstić information content (AvgIpc) is 2.64. The molecule has 0 spiro atoms. The van der Waals surface area contributed by atoms with Gasteiger partial charge in [-0.25, -0.2) is 4.79 Å². The number of benzene rings is 2. The zero-order chi connectivity index (χ0) is 18.2. The number of ether oxygens (including phenoxy) is 2. The molecule has 1 N–H and O–H groups in total. The van der Waals surface area contributed by atoms with Crippen LogP contribution in [0.2, 0.25) is 0 Å². The summed E-state index contributed by atoms with van der Waals surface area (Å²) in [6.07, 6.45) is 3.06. The minimum atomic E-state index is -1.00. The lowest BCUT2D eigenvalue weighted by atomic mass is 10.1. The van der Waals surface area contributed by atoms with Crippen LogP contribution in [0.25, 0.3) is 6.08 Å². The fourth-order valence-electron chi connectivity index (χ4n) is 2.28. The van der Waals surface area contributed by atoms with E-state index < -0.39 is 5.97 Å². The molecule has 2 rings (SSSR count). The van der Waals surface area contributed by atoms with Gasteiger partial charge in [0.15, 0.2) is 5.78 Å². The van der Waals surface area contributed by atoms with Crippen LogP contribution < -0.4 is 9.47 Å². The Labute approximate surface area is 146 Å². The quantitative estimate of drug-likeness (QED) is 0.581. The summed E-state index contributed by atoms with van der Waals surface area (Å²) in [5.74, 6) is 0.382. The van der Waals surface area contributed by atoms with E-state index in [-0.39, 0.29) is 12.4 Å². The molecule has 5 heteroatoms. The molecule has 0 bridgehead atoms. The van der Waals surface area contributed by atoms with Crippen molar-refractivity contribution in [3.63, 3.8) is 0 Å². The molecule has 0 aromatic heterocycles. The van der Waals surface area contributed by atoms with E-state index in [2.05, 4.69) is 0 Å². The highest BCUT2D eigenvalue weighted by Gasteiger charge is 2.07. The van der Waals surface area contributed by atoms with Gasteiger partial charge in [0.1, 0.15) is 18.1 Å². The zero-order valence-corrected chi connectivity index (χ0v) is 14.2. The zero-order valence-electron chi connectivity index (χ0n) is 14.2. The second-order valence-electron chi connectivity index (χ2n) is 5.33. The van der Waals surface area contributed by atoms with E-state index in [1.54, 1.807) is 43.5 Å². The number of carbonyl (C=O) groups excluding carboxylic acids is 1. The fourth-order valence-corrected chi connectivity index (χ4v) is 2.28. The lowest BCUT2D eigenvalue weighted by Gasteiger charge is -2.11. The van der Waals surface area contributed by atoms with E-state index in [4.69, 9.17) is 14.6 Å². The Morgan fingerprint density at radius 3 is 2.44 bits per heavy atom. The molecule has 0 aliphatic heterocycles. The molecule has 130 valence electrons. The van der Waals surface area contributed by atoms with Crippen molar-refractivity contribution in [3.8, 4) is 11.5 Å². The van der Waals surface area contributed by atoms with Gasteiger partial charge in [0.05, 0.1) is 7.11 Å². The van der Waals surface area contributed by atoms with Crippen LogP contribution in [0, 0.1) is 0 Å². The first-order valence-corrected chi connectivity index (χ1v) is 7.87. The summed E-state index contributed by atoms with van der Waals surface area (Å²) in [5.41, 5.74) is 2.20. The van der Waals surface area contributed by atoms with E-state index >= 15 is 0 Å². The Bertz CT molecular complexity index is 775. The normalized spacial score (nSPS) is 10.6. The molecular formula is C20H20O5. The molecule has 0 aliphatic rings. The molecule has 0 aliphatic carbocycles. The third-order valence-corrected chi connectivity index (χ3v) is 3.61. The van der Waals surface area contributed by atoms with Crippen LogP contribution in [-0.2, 0) is 11.4 Å². The topological polar surface area (TPSA) is 72.8 Å². The van der Waals surface area contributed by atoms with Gasteiger partial charge >= 0.3 is 5.97 Å². The van der Waals surface area contributed by atoms with Gasteiger partial charge in [-0.2, -0.15) is 0 Å². The molecule has 0 fully saturated rings. The summed E-state index contributed by atoms with van der Waals surface area (Å²) in [4.78, 5) is 22.3. The van der Waals surface area contributed by atoms with Crippen molar-refractivity contribution in [3.05, 3.63) is 65.2 Å². The van der Waals surface area contributed by atoms with Gasteiger partial charge < -0.3 is 14.6 Å². The van der Waals surface area contributed by atoms with Crippen molar-refractivity contribution in [2.45, 2.75) is 20.0 Å². The summed E-state index contributed by atoms with van der Waals surface area (Å²) < 4.78 is 11.1. The molecule has 0 atom stereocenters. The predicted molar refractivity (Wildman–Crippen MR) is 95.1 cm³/mol. The van der Waals surface area contributed by atoms with Crippen LogP contribution in [0.4, 0.5) is 0 Å². The standard InChI is InChI=1S/C20H20O5/c1-3-18(21)15-6-8-17(9-7-15)25-13-16-12-14(5-11-20(22)23)4-10-19(16)24-2/h4-12H,3,13H2,1-2H3,(H,22,23). The maximum Gasteiger partial charge on any atom is 0.328 e. The number of rotatable bonds is 8. The number of hydrogen-bond acceptors (Lipinski definition) is 4. The number of carboxylic acids is 1. The van der Waals surface area contributed by atoms with E-state index in [1.165, 1.54) is 6.08 Å².